The van der Waals surface area contributed by atoms with Gasteiger partial charge < -0.3 is 21.4 Å². The minimum absolute atomic E-state index is 0. The first-order chi connectivity index (χ1) is 20.3. The summed E-state index contributed by atoms with van der Waals surface area (Å²) in [5, 5.41) is 0. The number of nitrogens with zero attached hydrogens (tertiary/aromatic N) is 4. The number of nitrogens with one attached hydrogen (secondary N) is 2. The second kappa shape index (κ2) is 12.5. The molecule has 6 aromatic rings. The van der Waals surface area contributed by atoms with Crippen LogP contribution in [0.5, 0.6) is 0 Å². The molecule has 45 heavy (non-hydrogen) atoms. The van der Waals surface area contributed by atoms with Gasteiger partial charge in [0.2, 0.25) is 11.3 Å². The van der Waals surface area contributed by atoms with Crippen LogP contribution in [0.25, 0.3) is 33.8 Å². The number of halogens is 3. The molecule has 0 radical (unpaired) electrons. The molecule has 4 aromatic heterocycles. The lowest BCUT2D eigenvalue weighted by atomic mass is 9.87. The maximum absolute atomic E-state index is 12.2. The fraction of sp³-hybridized carbons (Fsp3) is 0.250. The van der Waals surface area contributed by atoms with Crippen molar-refractivity contribution in [3.05, 3.63) is 117 Å². The molecule has 2 aliphatic carbocycles. The van der Waals surface area contributed by atoms with E-state index in [-0.39, 0.29) is 48.3 Å². The predicted molar refractivity (Wildman–Crippen MR) is 184 cm³/mol. The molecule has 0 saturated heterocycles. The highest BCUT2D eigenvalue weighted by Crippen LogP contribution is 2.47. The summed E-state index contributed by atoms with van der Waals surface area (Å²) in [4.78, 5) is 38.6. The third kappa shape index (κ3) is 4.79. The Bertz CT molecular complexity index is 1980. The number of nitrogens with two attached hydrogens (primary N) is 2. The number of rotatable bonds is 4. The Balaban J connectivity index is 0.000000192. The number of aromatic nitrogens is 6. The molecule has 0 aliphatic heterocycles. The summed E-state index contributed by atoms with van der Waals surface area (Å²) in [6.45, 7) is 4.23. The first-order valence-electron chi connectivity index (χ1n) is 14.3. The van der Waals surface area contributed by atoms with E-state index in [0.717, 1.165) is 70.7 Å². The van der Waals surface area contributed by atoms with Crippen LogP contribution in [0.4, 0.5) is 0 Å². The lowest BCUT2D eigenvalue weighted by Gasteiger charge is -2.27. The highest BCUT2D eigenvalue weighted by molar-refractivity contribution is 5.86. The van der Waals surface area contributed by atoms with E-state index in [2.05, 4.69) is 33.8 Å². The summed E-state index contributed by atoms with van der Waals surface area (Å²) in [6, 6.07) is 16.0. The summed E-state index contributed by atoms with van der Waals surface area (Å²) < 4.78 is 3.67. The maximum Gasteiger partial charge on any atom is 0.292 e. The van der Waals surface area contributed by atoms with Crippen LogP contribution in [-0.4, -0.2) is 28.7 Å². The van der Waals surface area contributed by atoms with Crippen molar-refractivity contribution in [1.82, 2.24) is 28.7 Å². The van der Waals surface area contributed by atoms with E-state index in [9.17, 15) is 9.59 Å². The molecule has 6 N–H and O–H groups in total. The van der Waals surface area contributed by atoms with Crippen LogP contribution in [0.1, 0.15) is 62.0 Å². The minimum Gasteiger partial charge on any atom is -0.317 e. The average molecular weight is 670 g/mol. The van der Waals surface area contributed by atoms with E-state index in [0.29, 0.717) is 11.3 Å². The van der Waals surface area contributed by atoms with Crippen molar-refractivity contribution in [3.63, 3.8) is 0 Å². The van der Waals surface area contributed by atoms with Crippen LogP contribution >= 0.6 is 37.2 Å². The van der Waals surface area contributed by atoms with Gasteiger partial charge in [-0.2, -0.15) is 0 Å². The van der Waals surface area contributed by atoms with E-state index in [1.165, 1.54) is 0 Å². The van der Waals surface area contributed by atoms with Crippen molar-refractivity contribution in [1.29, 1.82) is 0 Å². The molecule has 13 heteroatoms. The zero-order chi connectivity index (χ0) is 29.2. The van der Waals surface area contributed by atoms with E-state index < -0.39 is 11.1 Å². The smallest absolute Gasteiger partial charge is 0.292 e. The second-order valence-electron chi connectivity index (χ2n) is 11.1. The topological polar surface area (TPSA) is 152 Å². The maximum atomic E-state index is 12.2. The fourth-order valence-corrected chi connectivity index (χ4v) is 7.00. The van der Waals surface area contributed by atoms with Gasteiger partial charge in [-0.15, -0.1) is 37.2 Å². The molecule has 0 spiro atoms. The molecule has 10 nitrogen and oxygen atoms in total. The average Bonchev–Trinajstić information content (AvgIpc) is 3.76. The third-order valence-electron chi connectivity index (χ3n) is 8.61. The fourth-order valence-electron chi connectivity index (χ4n) is 7.00. The van der Waals surface area contributed by atoms with Crippen molar-refractivity contribution in [2.45, 2.75) is 50.6 Å². The highest BCUT2D eigenvalue weighted by Gasteiger charge is 2.43. The molecular formula is C32H35Cl3N8O2. The van der Waals surface area contributed by atoms with Gasteiger partial charge in [-0.25, -0.2) is 9.97 Å². The van der Waals surface area contributed by atoms with Gasteiger partial charge in [-0.1, -0.05) is 75.2 Å². The van der Waals surface area contributed by atoms with Gasteiger partial charge in [0.25, 0.3) is 11.1 Å². The summed E-state index contributed by atoms with van der Waals surface area (Å²) >= 11 is 0. The second-order valence-corrected chi connectivity index (χ2v) is 11.1. The van der Waals surface area contributed by atoms with E-state index in [1.807, 2.05) is 69.7 Å². The predicted octanol–water partition coefficient (Wildman–Crippen LogP) is 5.28. The molecule has 0 saturated carbocycles. The van der Waals surface area contributed by atoms with E-state index in [4.69, 9.17) is 11.5 Å². The number of benzene rings is 2. The van der Waals surface area contributed by atoms with Crippen LogP contribution in [0, 0.1) is 0 Å². The molecule has 2 aliphatic rings. The Labute approximate surface area is 277 Å². The molecule has 0 amide bonds. The van der Waals surface area contributed by atoms with Crippen LogP contribution in [-0.2, 0) is 11.1 Å². The number of hydrogen-bond acceptors (Lipinski definition) is 6. The normalized spacial score (nSPS) is 18.4. The summed E-state index contributed by atoms with van der Waals surface area (Å²) in [5.74, 6) is 0. The third-order valence-corrected chi connectivity index (χ3v) is 8.61. The molecule has 4 heterocycles. The molecule has 0 fully saturated rings. The van der Waals surface area contributed by atoms with E-state index >= 15 is 0 Å². The van der Waals surface area contributed by atoms with Gasteiger partial charge in [-0.3, -0.25) is 18.4 Å². The SMILES string of the molecule is CCCC1(N)c2ccccc2-c2[nH]c(=O)c3nccn3c21.CCCC1(N)c2ccccc2-c2[nH]c(=O)c3nccn3c21.Cl.Cl.Cl. The van der Waals surface area contributed by atoms with Gasteiger partial charge in [0.15, 0.2) is 0 Å². The monoisotopic (exact) mass is 668 g/mol. The van der Waals surface area contributed by atoms with Crippen LogP contribution < -0.4 is 22.6 Å². The first-order valence-corrected chi connectivity index (χ1v) is 14.3. The molecular weight excluding hydrogens is 635 g/mol. The standard InChI is InChI=1S/2C16H16N4O.3ClH/c2*1-2-7-16(17)11-6-4-3-5-10(11)12-13(16)20-9-8-18-14(20)15(21)19-12;;;/h2*3-6,8-9H,2,7,17H2,1H3,(H,19,21);3*1H. The van der Waals surface area contributed by atoms with Gasteiger partial charge in [0, 0.05) is 35.9 Å². The minimum atomic E-state index is -0.593. The van der Waals surface area contributed by atoms with Crippen LogP contribution in [0.3, 0.4) is 0 Å². The summed E-state index contributed by atoms with van der Waals surface area (Å²) in [5.41, 5.74) is 20.5. The van der Waals surface area contributed by atoms with Crippen molar-refractivity contribution >= 4 is 48.5 Å². The van der Waals surface area contributed by atoms with Crippen molar-refractivity contribution in [2.75, 3.05) is 0 Å². The van der Waals surface area contributed by atoms with Gasteiger partial charge in [0.05, 0.1) is 33.9 Å². The number of hydrogen-bond donors (Lipinski definition) is 4. The zero-order valence-electron chi connectivity index (χ0n) is 24.7. The molecule has 8 rings (SSSR count). The first kappa shape index (κ1) is 34.0. The Morgan fingerprint density at radius 2 is 1.04 bits per heavy atom. The Morgan fingerprint density at radius 1 is 0.667 bits per heavy atom. The highest BCUT2D eigenvalue weighted by atomic mass is 35.5. The van der Waals surface area contributed by atoms with Crippen LogP contribution in [0.2, 0.25) is 0 Å². The van der Waals surface area contributed by atoms with Crippen molar-refractivity contribution in [2.24, 2.45) is 11.5 Å². The van der Waals surface area contributed by atoms with Gasteiger partial charge in [0.1, 0.15) is 0 Å². The molecule has 0 bridgehead atoms. The number of fused-ring (bicyclic) bond motifs is 10. The van der Waals surface area contributed by atoms with Gasteiger partial charge >= 0.3 is 0 Å². The Kier molecular flexibility index (Phi) is 9.40. The summed E-state index contributed by atoms with van der Waals surface area (Å²) in [6.07, 6.45) is 10.4. The lowest BCUT2D eigenvalue weighted by Crippen LogP contribution is -2.38. The Morgan fingerprint density at radius 3 is 1.42 bits per heavy atom. The van der Waals surface area contributed by atoms with Gasteiger partial charge in [-0.05, 0) is 24.0 Å². The molecule has 2 aromatic carbocycles. The van der Waals surface area contributed by atoms with Crippen molar-refractivity contribution in [3.8, 4) is 22.5 Å². The Hall–Kier alpha value is -3.93. The summed E-state index contributed by atoms with van der Waals surface area (Å²) in [7, 11) is 0. The van der Waals surface area contributed by atoms with Crippen molar-refractivity contribution < 1.29 is 0 Å². The molecule has 2 atom stereocenters. The quantitative estimate of drug-likeness (QED) is 0.201. The molecule has 236 valence electrons. The number of H-pyrrole nitrogens is 2. The number of imidazole rings is 2. The zero-order valence-corrected chi connectivity index (χ0v) is 27.2. The molecule has 2 unspecified atom stereocenters. The largest absolute Gasteiger partial charge is 0.317 e. The van der Waals surface area contributed by atoms with Crippen LogP contribution in [0.15, 0.2) is 82.9 Å². The van der Waals surface area contributed by atoms with E-state index in [1.54, 1.807) is 12.4 Å². The number of aromatic amines is 2. The lowest BCUT2D eigenvalue weighted by molar-refractivity contribution is 0.478.